The maximum absolute atomic E-state index is 5.87. The highest BCUT2D eigenvalue weighted by Crippen LogP contribution is 2.22. The molecule has 0 aliphatic carbocycles. The third-order valence-corrected chi connectivity index (χ3v) is 3.07. The zero-order valence-electron chi connectivity index (χ0n) is 10.4. The van der Waals surface area contributed by atoms with Crippen LogP contribution in [0.25, 0.3) is 0 Å². The Morgan fingerprint density at radius 3 is 2.56 bits per heavy atom. The number of benzene rings is 1. The van der Waals surface area contributed by atoms with Gasteiger partial charge in [0.1, 0.15) is 5.82 Å². The van der Waals surface area contributed by atoms with Crippen molar-refractivity contribution in [3.8, 4) is 0 Å². The largest absolute Gasteiger partial charge is 0.397 e. The number of aromatic nitrogens is 1. The summed E-state index contributed by atoms with van der Waals surface area (Å²) in [4.78, 5) is 4.30. The van der Waals surface area contributed by atoms with Crippen LogP contribution in [-0.2, 0) is 0 Å². The first-order chi connectivity index (χ1) is 8.56. The SMILES string of the molecule is Cc1cc(N)cnc1NC(C)c1ccc(Cl)cc1. The Bertz CT molecular complexity index is 537. The van der Waals surface area contributed by atoms with Gasteiger partial charge in [-0.2, -0.15) is 0 Å². The van der Waals surface area contributed by atoms with E-state index in [0.717, 1.165) is 22.0 Å². The molecular weight excluding hydrogens is 246 g/mol. The summed E-state index contributed by atoms with van der Waals surface area (Å²) in [5.74, 6) is 0.853. The van der Waals surface area contributed by atoms with Gasteiger partial charge in [-0.1, -0.05) is 23.7 Å². The quantitative estimate of drug-likeness (QED) is 0.884. The van der Waals surface area contributed by atoms with Crippen LogP contribution in [0.3, 0.4) is 0 Å². The molecule has 0 bridgehead atoms. The van der Waals surface area contributed by atoms with E-state index in [1.807, 2.05) is 37.3 Å². The van der Waals surface area contributed by atoms with Crippen LogP contribution in [0.1, 0.15) is 24.1 Å². The summed E-state index contributed by atoms with van der Waals surface area (Å²) in [5, 5.41) is 4.11. The summed E-state index contributed by atoms with van der Waals surface area (Å²) in [6, 6.07) is 9.86. The van der Waals surface area contributed by atoms with E-state index in [0.29, 0.717) is 5.69 Å². The van der Waals surface area contributed by atoms with E-state index in [4.69, 9.17) is 17.3 Å². The third kappa shape index (κ3) is 2.93. The van der Waals surface area contributed by atoms with Crippen LogP contribution < -0.4 is 11.1 Å². The minimum Gasteiger partial charge on any atom is -0.397 e. The van der Waals surface area contributed by atoms with Gasteiger partial charge in [0.25, 0.3) is 0 Å². The number of anilines is 2. The fourth-order valence-electron chi connectivity index (χ4n) is 1.79. The van der Waals surface area contributed by atoms with Crippen LogP contribution in [-0.4, -0.2) is 4.98 Å². The minimum atomic E-state index is 0.164. The molecule has 0 saturated carbocycles. The lowest BCUT2D eigenvalue weighted by Crippen LogP contribution is -2.09. The van der Waals surface area contributed by atoms with Crippen molar-refractivity contribution in [3.05, 3.63) is 52.7 Å². The Hall–Kier alpha value is -1.74. The van der Waals surface area contributed by atoms with E-state index in [1.54, 1.807) is 6.20 Å². The van der Waals surface area contributed by atoms with Crippen molar-refractivity contribution >= 4 is 23.1 Å². The second-order valence-electron chi connectivity index (χ2n) is 4.35. The number of hydrogen-bond acceptors (Lipinski definition) is 3. The average molecular weight is 262 g/mol. The van der Waals surface area contributed by atoms with Gasteiger partial charge in [0.2, 0.25) is 0 Å². The maximum atomic E-state index is 5.87. The van der Waals surface area contributed by atoms with Gasteiger partial charge in [-0.15, -0.1) is 0 Å². The molecule has 18 heavy (non-hydrogen) atoms. The summed E-state index contributed by atoms with van der Waals surface area (Å²) in [6.07, 6.45) is 1.66. The molecule has 0 spiro atoms. The predicted molar refractivity (Wildman–Crippen MR) is 76.9 cm³/mol. The summed E-state index contributed by atoms with van der Waals surface area (Å²) in [5.41, 5.74) is 8.56. The van der Waals surface area contributed by atoms with Crippen LogP contribution in [0.15, 0.2) is 36.5 Å². The van der Waals surface area contributed by atoms with Gasteiger partial charge in [0.15, 0.2) is 0 Å². The summed E-state index contributed by atoms with van der Waals surface area (Å²) in [7, 11) is 0. The van der Waals surface area contributed by atoms with E-state index < -0.39 is 0 Å². The summed E-state index contributed by atoms with van der Waals surface area (Å²) >= 11 is 5.87. The standard InChI is InChI=1S/C14H16ClN3/c1-9-7-13(16)8-17-14(9)18-10(2)11-3-5-12(15)6-4-11/h3-8,10H,16H2,1-2H3,(H,17,18). The summed E-state index contributed by atoms with van der Waals surface area (Å²) in [6.45, 7) is 4.07. The molecule has 1 aromatic heterocycles. The number of rotatable bonds is 3. The fraction of sp³-hybridized carbons (Fsp3) is 0.214. The summed E-state index contributed by atoms with van der Waals surface area (Å²) < 4.78 is 0. The lowest BCUT2D eigenvalue weighted by atomic mass is 10.1. The first kappa shape index (κ1) is 12.7. The van der Waals surface area contributed by atoms with Crippen LogP contribution in [0, 0.1) is 6.92 Å². The topological polar surface area (TPSA) is 50.9 Å². The molecule has 4 heteroatoms. The number of nitrogens with zero attached hydrogens (tertiary/aromatic N) is 1. The number of hydrogen-bond donors (Lipinski definition) is 2. The van der Waals surface area contributed by atoms with Crippen LogP contribution in [0.2, 0.25) is 5.02 Å². The predicted octanol–water partition coefficient (Wildman–Crippen LogP) is 3.80. The van der Waals surface area contributed by atoms with E-state index >= 15 is 0 Å². The zero-order chi connectivity index (χ0) is 13.1. The highest BCUT2D eigenvalue weighted by atomic mass is 35.5. The number of nitrogen functional groups attached to an aromatic ring is 1. The van der Waals surface area contributed by atoms with Gasteiger partial charge < -0.3 is 11.1 Å². The van der Waals surface area contributed by atoms with Crippen molar-refractivity contribution in [2.24, 2.45) is 0 Å². The number of aryl methyl sites for hydroxylation is 1. The van der Waals surface area contributed by atoms with Crippen LogP contribution in [0.4, 0.5) is 11.5 Å². The first-order valence-electron chi connectivity index (χ1n) is 5.80. The molecule has 0 saturated heterocycles. The first-order valence-corrected chi connectivity index (χ1v) is 6.18. The molecule has 2 rings (SSSR count). The highest BCUT2D eigenvalue weighted by molar-refractivity contribution is 6.30. The van der Waals surface area contributed by atoms with Gasteiger partial charge in [0, 0.05) is 11.1 Å². The second kappa shape index (κ2) is 5.27. The van der Waals surface area contributed by atoms with Crippen LogP contribution >= 0.6 is 11.6 Å². The van der Waals surface area contributed by atoms with E-state index in [2.05, 4.69) is 17.2 Å². The zero-order valence-corrected chi connectivity index (χ0v) is 11.2. The molecule has 94 valence electrons. The average Bonchev–Trinajstić information content (AvgIpc) is 2.33. The maximum Gasteiger partial charge on any atom is 0.129 e. The minimum absolute atomic E-state index is 0.164. The molecule has 0 aliphatic heterocycles. The molecule has 0 amide bonds. The molecule has 1 aromatic carbocycles. The molecule has 3 nitrogen and oxygen atoms in total. The molecule has 3 N–H and O–H groups in total. The molecule has 1 atom stereocenters. The van der Waals surface area contributed by atoms with Crippen molar-refractivity contribution in [3.63, 3.8) is 0 Å². The fourth-order valence-corrected chi connectivity index (χ4v) is 1.91. The highest BCUT2D eigenvalue weighted by Gasteiger charge is 2.07. The molecule has 0 radical (unpaired) electrons. The monoisotopic (exact) mass is 261 g/mol. The normalized spacial score (nSPS) is 12.2. The van der Waals surface area contributed by atoms with Gasteiger partial charge in [-0.05, 0) is 43.2 Å². The molecule has 2 aromatic rings. The number of halogens is 1. The number of pyridine rings is 1. The van der Waals surface area contributed by atoms with Gasteiger partial charge in [-0.25, -0.2) is 4.98 Å². The number of nitrogens with two attached hydrogens (primary N) is 1. The third-order valence-electron chi connectivity index (χ3n) is 2.82. The van der Waals surface area contributed by atoms with Crippen molar-refractivity contribution in [2.45, 2.75) is 19.9 Å². The Labute approximate surface area is 112 Å². The number of nitrogens with one attached hydrogen (secondary N) is 1. The van der Waals surface area contributed by atoms with Crippen LogP contribution in [0.5, 0.6) is 0 Å². The molecule has 1 unspecified atom stereocenters. The van der Waals surface area contributed by atoms with E-state index in [1.165, 1.54) is 0 Å². The Morgan fingerprint density at radius 2 is 1.94 bits per heavy atom. The smallest absolute Gasteiger partial charge is 0.129 e. The molecular formula is C14H16ClN3. The molecule has 0 fully saturated rings. The lowest BCUT2D eigenvalue weighted by molar-refractivity contribution is 0.872. The molecule has 1 heterocycles. The second-order valence-corrected chi connectivity index (χ2v) is 4.79. The lowest BCUT2D eigenvalue weighted by Gasteiger charge is -2.16. The Morgan fingerprint density at radius 1 is 1.28 bits per heavy atom. The Balaban J connectivity index is 2.15. The Kier molecular flexibility index (Phi) is 3.72. The van der Waals surface area contributed by atoms with Gasteiger partial charge in [0.05, 0.1) is 11.9 Å². The molecule has 0 aliphatic rings. The van der Waals surface area contributed by atoms with Crippen molar-refractivity contribution < 1.29 is 0 Å². The van der Waals surface area contributed by atoms with E-state index in [9.17, 15) is 0 Å². The van der Waals surface area contributed by atoms with Gasteiger partial charge >= 0.3 is 0 Å². The van der Waals surface area contributed by atoms with Crippen molar-refractivity contribution in [1.29, 1.82) is 0 Å². The van der Waals surface area contributed by atoms with Gasteiger partial charge in [-0.3, -0.25) is 0 Å². The van der Waals surface area contributed by atoms with Crippen molar-refractivity contribution in [1.82, 2.24) is 4.98 Å². The van der Waals surface area contributed by atoms with E-state index in [-0.39, 0.29) is 6.04 Å². The van der Waals surface area contributed by atoms with Crippen molar-refractivity contribution in [2.75, 3.05) is 11.1 Å².